The van der Waals surface area contributed by atoms with Crippen LogP contribution in [0.5, 0.6) is 5.75 Å². The lowest BCUT2D eigenvalue weighted by atomic mass is 10.2. The minimum absolute atomic E-state index is 0.220. The fourth-order valence-electron chi connectivity index (χ4n) is 2.53. The van der Waals surface area contributed by atoms with E-state index < -0.39 is 0 Å². The van der Waals surface area contributed by atoms with Crippen molar-refractivity contribution >= 4 is 34.9 Å². The SMILES string of the molecule is CCOc1cncc(-c2cnc(C(=O)NCc3cc(NSC4CC4)ccn3)s2)c1. The Kier molecular flexibility index (Phi) is 6.26. The first-order chi connectivity index (χ1) is 14.2. The number of nitrogens with zero attached hydrogens (tertiary/aromatic N) is 3. The molecular formula is C20H21N5O2S2. The van der Waals surface area contributed by atoms with Crippen molar-refractivity contribution in [2.75, 3.05) is 11.3 Å². The highest BCUT2D eigenvalue weighted by atomic mass is 32.2. The first kappa shape index (κ1) is 19.7. The van der Waals surface area contributed by atoms with Crippen molar-refractivity contribution in [1.82, 2.24) is 20.3 Å². The van der Waals surface area contributed by atoms with Crippen LogP contribution in [-0.2, 0) is 6.54 Å². The molecule has 0 spiro atoms. The van der Waals surface area contributed by atoms with Crippen molar-refractivity contribution in [3.05, 3.63) is 53.7 Å². The van der Waals surface area contributed by atoms with Crippen LogP contribution in [0.1, 0.15) is 35.3 Å². The Labute approximate surface area is 177 Å². The molecule has 1 saturated carbocycles. The van der Waals surface area contributed by atoms with E-state index in [2.05, 4.69) is 25.0 Å². The van der Waals surface area contributed by atoms with Crippen LogP contribution >= 0.6 is 23.3 Å². The summed E-state index contributed by atoms with van der Waals surface area (Å²) in [7, 11) is 0. The minimum Gasteiger partial charge on any atom is -0.492 e. The lowest BCUT2D eigenvalue weighted by molar-refractivity contribution is 0.0950. The van der Waals surface area contributed by atoms with Gasteiger partial charge in [0.2, 0.25) is 0 Å². The van der Waals surface area contributed by atoms with Gasteiger partial charge in [-0.25, -0.2) is 4.98 Å². The summed E-state index contributed by atoms with van der Waals surface area (Å²) in [6, 6.07) is 5.78. The van der Waals surface area contributed by atoms with Gasteiger partial charge in [-0.2, -0.15) is 0 Å². The maximum atomic E-state index is 12.5. The normalized spacial score (nSPS) is 13.1. The third kappa shape index (κ3) is 5.45. The number of rotatable bonds is 9. The van der Waals surface area contributed by atoms with Gasteiger partial charge in [0, 0.05) is 35.1 Å². The molecule has 1 fully saturated rings. The van der Waals surface area contributed by atoms with Crippen molar-refractivity contribution in [3.8, 4) is 16.2 Å². The summed E-state index contributed by atoms with van der Waals surface area (Å²) in [4.78, 5) is 26.1. The monoisotopic (exact) mass is 427 g/mol. The summed E-state index contributed by atoms with van der Waals surface area (Å²) >= 11 is 3.07. The number of carbonyl (C=O) groups is 1. The zero-order valence-electron chi connectivity index (χ0n) is 15.9. The first-order valence-corrected chi connectivity index (χ1v) is 11.1. The molecule has 0 bridgehead atoms. The van der Waals surface area contributed by atoms with Crippen LogP contribution in [0.2, 0.25) is 0 Å². The molecule has 1 aliphatic carbocycles. The second-order valence-electron chi connectivity index (χ2n) is 6.51. The summed E-state index contributed by atoms with van der Waals surface area (Å²) < 4.78 is 8.82. The van der Waals surface area contributed by atoms with Gasteiger partial charge in [-0.3, -0.25) is 14.8 Å². The molecule has 0 radical (unpaired) electrons. The topological polar surface area (TPSA) is 89.0 Å². The van der Waals surface area contributed by atoms with Gasteiger partial charge in [-0.05, 0) is 49.9 Å². The van der Waals surface area contributed by atoms with Gasteiger partial charge >= 0.3 is 0 Å². The predicted octanol–water partition coefficient (Wildman–Crippen LogP) is 4.15. The van der Waals surface area contributed by atoms with Gasteiger partial charge in [-0.1, -0.05) is 0 Å². The number of pyridine rings is 2. The van der Waals surface area contributed by atoms with E-state index >= 15 is 0 Å². The number of hydrogen-bond acceptors (Lipinski definition) is 8. The van der Waals surface area contributed by atoms with E-state index in [4.69, 9.17) is 4.74 Å². The maximum Gasteiger partial charge on any atom is 0.280 e. The minimum atomic E-state index is -0.220. The number of aromatic nitrogens is 3. The molecule has 3 aromatic heterocycles. The van der Waals surface area contributed by atoms with E-state index in [1.807, 2.05) is 25.1 Å². The molecule has 1 amide bonds. The van der Waals surface area contributed by atoms with Crippen LogP contribution < -0.4 is 14.8 Å². The Morgan fingerprint density at radius 3 is 3.00 bits per heavy atom. The molecular weight excluding hydrogens is 406 g/mol. The van der Waals surface area contributed by atoms with Gasteiger partial charge < -0.3 is 14.8 Å². The summed E-state index contributed by atoms with van der Waals surface area (Å²) in [6.07, 6.45) is 9.38. The molecule has 0 unspecified atom stereocenters. The Morgan fingerprint density at radius 1 is 1.28 bits per heavy atom. The highest BCUT2D eigenvalue weighted by Gasteiger charge is 2.22. The third-order valence-electron chi connectivity index (χ3n) is 4.12. The van der Waals surface area contributed by atoms with Crippen molar-refractivity contribution in [2.24, 2.45) is 0 Å². The fraction of sp³-hybridized carbons (Fsp3) is 0.300. The Hall–Kier alpha value is -2.65. The zero-order valence-corrected chi connectivity index (χ0v) is 17.6. The number of ether oxygens (including phenoxy) is 1. The molecule has 1 aliphatic rings. The summed E-state index contributed by atoms with van der Waals surface area (Å²) in [5.41, 5.74) is 2.67. The van der Waals surface area contributed by atoms with Gasteiger partial charge in [0.15, 0.2) is 5.01 Å². The van der Waals surface area contributed by atoms with Gasteiger partial charge in [0.1, 0.15) is 5.75 Å². The third-order valence-corrected chi connectivity index (χ3v) is 6.33. The fourth-order valence-corrected chi connectivity index (χ4v) is 4.15. The Balaban J connectivity index is 1.35. The molecule has 150 valence electrons. The van der Waals surface area contributed by atoms with Crippen LogP contribution in [0, 0.1) is 0 Å². The molecule has 3 heterocycles. The maximum absolute atomic E-state index is 12.5. The summed E-state index contributed by atoms with van der Waals surface area (Å²) in [5, 5.41) is 4.01. The first-order valence-electron chi connectivity index (χ1n) is 9.40. The average molecular weight is 428 g/mol. The van der Waals surface area contributed by atoms with Crippen molar-refractivity contribution < 1.29 is 9.53 Å². The smallest absolute Gasteiger partial charge is 0.280 e. The van der Waals surface area contributed by atoms with Crippen molar-refractivity contribution in [2.45, 2.75) is 31.6 Å². The van der Waals surface area contributed by atoms with E-state index in [0.29, 0.717) is 23.9 Å². The van der Waals surface area contributed by atoms with E-state index in [-0.39, 0.29) is 5.91 Å². The largest absolute Gasteiger partial charge is 0.492 e. The molecule has 4 rings (SSSR count). The molecule has 0 saturated heterocycles. The lowest BCUT2D eigenvalue weighted by Gasteiger charge is -2.07. The van der Waals surface area contributed by atoms with E-state index in [1.165, 1.54) is 24.2 Å². The molecule has 3 aromatic rings. The molecule has 29 heavy (non-hydrogen) atoms. The van der Waals surface area contributed by atoms with Crippen molar-refractivity contribution in [3.63, 3.8) is 0 Å². The molecule has 0 aliphatic heterocycles. The van der Waals surface area contributed by atoms with Gasteiger partial charge in [-0.15, -0.1) is 11.3 Å². The molecule has 2 N–H and O–H groups in total. The number of amides is 1. The summed E-state index contributed by atoms with van der Waals surface area (Å²) in [5.74, 6) is 0.478. The standard InChI is InChI=1S/C20H21N5O2S2/c1-2-27-16-7-13(9-21-11-16)18-12-24-20(28-18)19(26)23-10-15-8-14(5-6-22-15)25-29-17-3-4-17/h5-9,11-12,17H,2-4,10H2,1H3,(H,22,25)(H,23,26). The second kappa shape index (κ2) is 9.23. The van der Waals surface area contributed by atoms with Crippen molar-refractivity contribution in [1.29, 1.82) is 0 Å². The number of nitrogens with one attached hydrogen (secondary N) is 2. The number of thiazole rings is 1. The second-order valence-corrected chi connectivity index (χ2v) is 8.65. The van der Waals surface area contributed by atoms with E-state index in [9.17, 15) is 4.79 Å². The highest BCUT2D eigenvalue weighted by molar-refractivity contribution is 8.01. The molecule has 0 aromatic carbocycles. The van der Waals surface area contributed by atoms with Crippen LogP contribution in [0.4, 0.5) is 5.69 Å². The van der Waals surface area contributed by atoms with Gasteiger partial charge in [0.05, 0.1) is 29.9 Å². The van der Waals surface area contributed by atoms with Crippen LogP contribution in [0.3, 0.4) is 0 Å². The van der Waals surface area contributed by atoms with E-state index in [1.54, 1.807) is 36.7 Å². The predicted molar refractivity (Wildman–Crippen MR) is 116 cm³/mol. The van der Waals surface area contributed by atoms with Gasteiger partial charge in [0.25, 0.3) is 5.91 Å². The Morgan fingerprint density at radius 2 is 2.17 bits per heavy atom. The molecule has 7 nitrogen and oxygen atoms in total. The van der Waals surface area contributed by atoms with Crippen LogP contribution in [0.15, 0.2) is 43.0 Å². The average Bonchev–Trinajstić information content (AvgIpc) is 3.45. The molecule has 0 atom stereocenters. The Bertz CT molecular complexity index is 990. The quantitative estimate of drug-likeness (QED) is 0.496. The number of anilines is 1. The van der Waals surface area contributed by atoms with Crippen LogP contribution in [0.25, 0.3) is 10.4 Å². The lowest BCUT2D eigenvalue weighted by Crippen LogP contribution is -2.23. The highest BCUT2D eigenvalue weighted by Crippen LogP contribution is 2.34. The number of carbonyl (C=O) groups excluding carboxylic acids is 1. The number of hydrogen-bond donors (Lipinski definition) is 2. The molecule has 9 heteroatoms. The van der Waals surface area contributed by atoms with E-state index in [0.717, 1.165) is 27.1 Å². The van der Waals surface area contributed by atoms with Crippen LogP contribution in [-0.4, -0.2) is 32.7 Å². The zero-order chi connectivity index (χ0) is 20.1. The summed E-state index contributed by atoms with van der Waals surface area (Å²) in [6.45, 7) is 2.85.